The summed E-state index contributed by atoms with van der Waals surface area (Å²) in [5, 5.41) is 1.08. The molecule has 0 saturated carbocycles. The molecule has 0 fully saturated rings. The van der Waals surface area contributed by atoms with Crippen LogP contribution in [0.4, 0.5) is 0 Å². The van der Waals surface area contributed by atoms with Crippen molar-refractivity contribution >= 4 is 22.5 Å². The molecule has 0 saturated heterocycles. The summed E-state index contributed by atoms with van der Waals surface area (Å²) < 4.78 is 10.6. The minimum absolute atomic E-state index is 0.368. The molecule has 2 aromatic heterocycles. The summed E-state index contributed by atoms with van der Waals surface area (Å²) in [5.41, 5.74) is 1.54. The second-order valence-corrected chi connectivity index (χ2v) is 4.66. The number of hydrogen-bond donors (Lipinski definition) is 0. The first kappa shape index (κ1) is 13.6. The molecule has 0 aliphatic heterocycles. The minimum atomic E-state index is 0.368. The number of fused-ring (bicyclic) bond motifs is 1. The first-order valence-electron chi connectivity index (χ1n) is 6.22. The van der Waals surface area contributed by atoms with E-state index >= 15 is 0 Å². The number of rotatable bonds is 3. The summed E-state index contributed by atoms with van der Waals surface area (Å²) in [5.74, 6) is 1.73. The van der Waals surface area contributed by atoms with Crippen molar-refractivity contribution in [2.45, 2.75) is 0 Å². The summed E-state index contributed by atoms with van der Waals surface area (Å²) in [6, 6.07) is 7.22. The van der Waals surface area contributed by atoms with Crippen molar-refractivity contribution in [3.8, 4) is 22.9 Å². The van der Waals surface area contributed by atoms with Gasteiger partial charge in [-0.25, -0.2) is 9.97 Å². The normalized spacial score (nSPS) is 10.6. The van der Waals surface area contributed by atoms with Gasteiger partial charge in [0.2, 0.25) is 0 Å². The van der Waals surface area contributed by atoms with Crippen LogP contribution in [0.1, 0.15) is 0 Å². The number of nitrogens with zero attached hydrogens (tertiary/aromatic N) is 3. The molecule has 1 aromatic carbocycles. The van der Waals surface area contributed by atoms with Crippen LogP contribution in [0.3, 0.4) is 0 Å². The lowest BCUT2D eigenvalue weighted by Crippen LogP contribution is -1.95. The molecule has 21 heavy (non-hydrogen) atoms. The maximum atomic E-state index is 6.27. The molecule has 3 rings (SSSR count). The van der Waals surface area contributed by atoms with Crippen LogP contribution in [0, 0.1) is 0 Å². The molecule has 6 heteroatoms. The number of ether oxygens (including phenoxy) is 2. The molecule has 0 radical (unpaired) electrons. The predicted octanol–water partition coefficient (Wildman–Crippen LogP) is 3.36. The Labute approximate surface area is 126 Å². The van der Waals surface area contributed by atoms with Gasteiger partial charge in [0, 0.05) is 29.4 Å². The van der Waals surface area contributed by atoms with Gasteiger partial charge in [-0.1, -0.05) is 11.6 Å². The van der Waals surface area contributed by atoms with Gasteiger partial charge in [-0.15, -0.1) is 0 Å². The van der Waals surface area contributed by atoms with Crippen LogP contribution in [-0.4, -0.2) is 29.2 Å². The monoisotopic (exact) mass is 301 g/mol. The Morgan fingerprint density at radius 1 is 0.952 bits per heavy atom. The summed E-state index contributed by atoms with van der Waals surface area (Å²) in [4.78, 5) is 12.8. The zero-order chi connectivity index (χ0) is 14.8. The smallest absolute Gasteiger partial charge is 0.162 e. The molecule has 3 aromatic rings. The molecule has 5 nitrogen and oxygen atoms in total. The Morgan fingerprint density at radius 3 is 2.29 bits per heavy atom. The lowest BCUT2D eigenvalue weighted by molar-refractivity contribution is 0.356. The zero-order valence-corrected chi connectivity index (χ0v) is 12.3. The molecule has 0 aliphatic carbocycles. The minimum Gasteiger partial charge on any atom is -0.493 e. The van der Waals surface area contributed by atoms with Gasteiger partial charge in [-0.05, 0) is 18.2 Å². The van der Waals surface area contributed by atoms with E-state index < -0.39 is 0 Å². The highest BCUT2D eigenvalue weighted by atomic mass is 35.5. The van der Waals surface area contributed by atoms with Crippen molar-refractivity contribution in [3.63, 3.8) is 0 Å². The van der Waals surface area contributed by atoms with Gasteiger partial charge in [-0.3, -0.25) is 4.98 Å². The third-order valence-corrected chi connectivity index (χ3v) is 3.38. The Balaban J connectivity index is 2.24. The van der Waals surface area contributed by atoms with Gasteiger partial charge >= 0.3 is 0 Å². The SMILES string of the molecule is COc1cc2nc(-c3ccncc3)nc(Cl)c2cc1OC. The lowest BCUT2D eigenvalue weighted by atomic mass is 10.2. The van der Waals surface area contributed by atoms with E-state index in [4.69, 9.17) is 21.1 Å². The average molecular weight is 302 g/mol. The highest BCUT2D eigenvalue weighted by molar-refractivity contribution is 6.34. The Morgan fingerprint density at radius 2 is 1.62 bits per heavy atom. The van der Waals surface area contributed by atoms with E-state index in [0.717, 1.165) is 5.56 Å². The molecule has 0 atom stereocenters. The molecule has 0 bridgehead atoms. The molecule has 0 amide bonds. The fraction of sp³-hybridized carbons (Fsp3) is 0.133. The van der Waals surface area contributed by atoms with E-state index in [0.29, 0.717) is 33.4 Å². The van der Waals surface area contributed by atoms with E-state index in [-0.39, 0.29) is 0 Å². The fourth-order valence-corrected chi connectivity index (χ4v) is 2.28. The second-order valence-electron chi connectivity index (χ2n) is 4.30. The Kier molecular flexibility index (Phi) is 3.58. The molecule has 0 unspecified atom stereocenters. The molecule has 0 N–H and O–H groups in total. The van der Waals surface area contributed by atoms with E-state index in [9.17, 15) is 0 Å². The number of methoxy groups -OCH3 is 2. The molecular formula is C15H12ClN3O2. The quantitative estimate of drug-likeness (QED) is 0.694. The van der Waals surface area contributed by atoms with E-state index in [1.54, 1.807) is 38.7 Å². The molecule has 2 heterocycles. The van der Waals surface area contributed by atoms with Gasteiger partial charge in [0.15, 0.2) is 17.3 Å². The average Bonchev–Trinajstić information content (AvgIpc) is 2.54. The second kappa shape index (κ2) is 5.54. The molecular weight excluding hydrogens is 290 g/mol. The summed E-state index contributed by atoms with van der Waals surface area (Å²) >= 11 is 6.27. The van der Waals surface area contributed by atoms with Crippen molar-refractivity contribution in [3.05, 3.63) is 41.8 Å². The van der Waals surface area contributed by atoms with Crippen molar-refractivity contribution in [2.75, 3.05) is 14.2 Å². The van der Waals surface area contributed by atoms with E-state index in [1.807, 2.05) is 12.1 Å². The third-order valence-electron chi connectivity index (χ3n) is 3.09. The topological polar surface area (TPSA) is 57.1 Å². The number of halogens is 1. The summed E-state index contributed by atoms with van der Waals surface area (Å²) in [7, 11) is 3.15. The van der Waals surface area contributed by atoms with Gasteiger partial charge in [-0.2, -0.15) is 0 Å². The van der Waals surface area contributed by atoms with Gasteiger partial charge in [0.25, 0.3) is 0 Å². The molecule has 0 spiro atoms. The highest BCUT2D eigenvalue weighted by Gasteiger charge is 2.12. The predicted molar refractivity (Wildman–Crippen MR) is 80.9 cm³/mol. The van der Waals surface area contributed by atoms with E-state index in [2.05, 4.69) is 15.0 Å². The molecule has 106 valence electrons. The maximum absolute atomic E-state index is 6.27. The van der Waals surface area contributed by atoms with Crippen molar-refractivity contribution in [1.29, 1.82) is 0 Å². The van der Waals surface area contributed by atoms with Crippen LogP contribution in [0.15, 0.2) is 36.7 Å². The number of pyridine rings is 1. The van der Waals surface area contributed by atoms with Crippen LogP contribution in [0.25, 0.3) is 22.3 Å². The standard InChI is InChI=1S/C15H12ClN3O2/c1-20-12-7-10-11(8-13(12)21-2)18-15(19-14(10)16)9-3-5-17-6-4-9/h3-8H,1-2H3. The number of hydrogen-bond acceptors (Lipinski definition) is 5. The fourth-order valence-electron chi connectivity index (χ4n) is 2.05. The highest BCUT2D eigenvalue weighted by Crippen LogP contribution is 2.34. The van der Waals surface area contributed by atoms with Crippen LogP contribution < -0.4 is 9.47 Å². The third kappa shape index (κ3) is 2.48. The summed E-state index contributed by atoms with van der Waals surface area (Å²) in [6.07, 6.45) is 3.37. The Hall–Kier alpha value is -2.40. The molecule has 0 aliphatic rings. The van der Waals surface area contributed by atoms with Crippen molar-refractivity contribution in [2.24, 2.45) is 0 Å². The van der Waals surface area contributed by atoms with Gasteiger partial charge in [0.1, 0.15) is 5.15 Å². The summed E-state index contributed by atoms with van der Waals surface area (Å²) in [6.45, 7) is 0. The van der Waals surface area contributed by atoms with Crippen molar-refractivity contribution in [1.82, 2.24) is 15.0 Å². The van der Waals surface area contributed by atoms with E-state index in [1.165, 1.54) is 0 Å². The maximum Gasteiger partial charge on any atom is 0.162 e. The largest absolute Gasteiger partial charge is 0.493 e. The van der Waals surface area contributed by atoms with Crippen LogP contribution in [0.2, 0.25) is 5.15 Å². The number of benzene rings is 1. The zero-order valence-electron chi connectivity index (χ0n) is 11.5. The van der Waals surface area contributed by atoms with Crippen LogP contribution in [0.5, 0.6) is 11.5 Å². The van der Waals surface area contributed by atoms with Gasteiger partial charge < -0.3 is 9.47 Å². The first-order chi connectivity index (χ1) is 10.2. The first-order valence-corrected chi connectivity index (χ1v) is 6.60. The van der Waals surface area contributed by atoms with Crippen molar-refractivity contribution < 1.29 is 9.47 Å². The number of aromatic nitrogens is 3. The lowest BCUT2D eigenvalue weighted by Gasteiger charge is -2.10. The van der Waals surface area contributed by atoms with Gasteiger partial charge in [0.05, 0.1) is 19.7 Å². The van der Waals surface area contributed by atoms with Crippen LogP contribution >= 0.6 is 11.6 Å². The van der Waals surface area contributed by atoms with Crippen LogP contribution in [-0.2, 0) is 0 Å². The Bertz CT molecular complexity index is 794.